The number of alkyl halides is 2. The Morgan fingerprint density at radius 2 is 1.97 bits per heavy atom. The molecule has 0 fully saturated rings. The lowest BCUT2D eigenvalue weighted by molar-refractivity contribution is 0.00915. The number of aromatic nitrogens is 1. The van der Waals surface area contributed by atoms with Gasteiger partial charge < -0.3 is 20.5 Å². The predicted octanol–water partition coefficient (Wildman–Crippen LogP) is 4.74. The molecule has 0 saturated heterocycles. The van der Waals surface area contributed by atoms with Crippen LogP contribution in [-0.4, -0.2) is 46.6 Å². The summed E-state index contributed by atoms with van der Waals surface area (Å²) in [5, 5.41) is 3.75. The monoisotopic (exact) mass is 564 g/mol. The van der Waals surface area contributed by atoms with Crippen molar-refractivity contribution in [2.24, 2.45) is 5.73 Å². The SMILES string of the molecule is COc1ccc(CN(c2nccs2)S(=O)(=O)c2cc(Cl)c(NCC(F)(F)CCN)cc2F)c(OC)c1. The molecular formula is C22H24ClF3N4O4S2. The number of nitrogens with two attached hydrogens (primary N) is 1. The van der Waals surface area contributed by atoms with E-state index in [9.17, 15) is 17.2 Å². The molecule has 8 nitrogen and oxygen atoms in total. The molecule has 196 valence electrons. The van der Waals surface area contributed by atoms with Crippen LogP contribution in [0.3, 0.4) is 0 Å². The Morgan fingerprint density at radius 1 is 1.22 bits per heavy atom. The zero-order valence-corrected chi connectivity index (χ0v) is 21.7. The van der Waals surface area contributed by atoms with E-state index in [0.29, 0.717) is 17.1 Å². The van der Waals surface area contributed by atoms with E-state index in [1.807, 2.05) is 0 Å². The smallest absolute Gasteiger partial charge is 0.269 e. The van der Waals surface area contributed by atoms with Gasteiger partial charge in [0.2, 0.25) is 0 Å². The molecule has 0 unspecified atom stereocenters. The molecule has 3 aromatic rings. The minimum atomic E-state index is -4.54. The molecule has 2 aromatic carbocycles. The summed E-state index contributed by atoms with van der Waals surface area (Å²) in [6, 6.07) is 6.47. The molecule has 1 heterocycles. The van der Waals surface area contributed by atoms with Crippen molar-refractivity contribution in [2.45, 2.75) is 23.8 Å². The first-order chi connectivity index (χ1) is 17.0. The number of anilines is 2. The van der Waals surface area contributed by atoms with E-state index in [0.717, 1.165) is 27.8 Å². The van der Waals surface area contributed by atoms with Crippen molar-refractivity contribution in [3.05, 3.63) is 58.3 Å². The summed E-state index contributed by atoms with van der Waals surface area (Å²) in [7, 11) is -1.65. The Labute approximate surface area is 215 Å². The summed E-state index contributed by atoms with van der Waals surface area (Å²) in [6.45, 7) is -1.33. The summed E-state index contributed by atoms with van der Waals surface area (Å²) >= 11 is 7.19. The fourth-order valence-corrected chi connectivity index (χ4v) is 5.87. The van der Waals surface area contributed by atoms with Gasteiger partial charge in [-0.3, -0.25) is 0 Å². The molecule has 0 aliphatic rings. The highest BCUT2D eigenvalue weighted by Crippen LogP contribution is 2.35. The fraction of sp³-hybridized carbons (Fsp3) is 0.318. The van der Waals surface area contributed by atoms with Crippen LogP contribution in [0.5, 0.6) is 11.5 Å². The van der Waals surface area contributed by atoms with Crippen LogP contribution in [0.1, 0.15) is 12.0 Å². The van der Waals surface area contributed by atoms with Crippen LogP contribution in [0.15, 0.2) is 46.8 Å². The maximum Gasteiger partial charge on any atom is 0.269 e. The van der Waals surface area contributed by atoms with Crippen LogP contribution in [-0.2, 0) is 16.6 Å². The summed E-state index contributed by atoms with van der Waals surface area (Å²) in [4.78, 5) is 3.33. The average molecular weight is 565 g/mol. The second-order valence-corrected chi connectivity index (χ2v) is 10.6. The third-order valence-electron chi connectivity index (χ3n) is 5.08. The first-order valence-corrected chi connectivity index (χ1v) is 13.2. The van der Waals surface area contributed by atoms with Gasteiger partial charge in [-0.05, 0) is 30.8 Å². The Balaban J connectivity index is 1.99. The number of methoxy groups -OCH3 is 2. The number of ether oxygens (including phenoxy) is 2. The number of sulfonamides is 1. The van der Waals surface area contributed by atoms with Crippen molar-refractivity contribution in [2.75, 3.05) is 36.9 Å². The first kappa shape index (κ1) is 27.8. The molecule has 0 saturated carbocycles. The Bertz CT molecular complexity index is 1290. The Hall–Kier alpha value is -2.74. The van der Waals surface area contributed by atoms with E-state index in [2.05, 4.69) is 10.3 Å². The highest BCUT2D eigenvalue weighted by molar-refractivity contribution is 7.93. The molecule has 0 radical (unpaired) electrons. The number of halogens is 4. The van der Waals surface area contributed by atoms with Crippen LogP contribution in [0.4, 0.5) is 24.0 Å². The van der Waals surface area contributed by atoms with Crippen molar-refractivity contribution in [1.29, 1.82) is 0 Å². The maximum atomic E-state index is 15.1. The first-order valence-electron chi connectivity index (χ1n) is 10.5. The molecule has 36 heavy (non-hydrogen) atoms. The van der Waals surface area contributed by atoms with Gasteiger partial charge in [-0.25, -0.2) is 30.9 Å². The number of nitrogens with zero attached hydrogens (tertiary/aromatic N) is 2. The lowest BCUT2D eigenvalue weighted by Gasteiger charge is -2.24. The van der Waals surface area contributed by atoms with Gasteiger partial charge in [0.25, 0.3) is 15.9 Å². The number of rotatable bonds is 12. The van der Waals surface area contributed by atoms with Crippen LogP contribution in [0, 0.1) is 5.82 Å². The summed E-state index contributed by atoms with van der Waals surface area (Å²) in [5.74, 6) is -3.48. The number of thiazole rings is 1. The van der Waals surface area contributed by atoms with Gasteiger partial charge in [0.15, 0.2) is 5.13 Å². The molecule has 0 aliphatic heterocycles. The quantitative estimate of drug-likeness (QED) is 0.327. The van der Waals surface area contributed by atoms with Crippen LogP contribution >= 0.6 is 22.9 Å². The van der Waals surface area contributed by atoms with Crippen LogP contribution in [0.2, 0.25) is 5.02 Å². The summed E-state index contributed by atoms with van der Waals surface area (Å²) in [5.41, 5.74) is 5.46. The largest absolute Gasteiger partial charge is 0.497 e. The number of hydrogen-bond acceptors (Lipinski definition) is 8. The van der Waals surface area contributed by atoms with E-state index in [1.165, 1.54) is 20.4 Å². The third-order valence-corrected chi connectivity index (χ3v) is 8.05. The normalized spacial score (nSPS) is 11.9. The average Bonchev–Trinajstić information content (AvgIpc) is 3.37. The molecule has 0 aliphatic carbocycles. The van der Waals surface area contributed by atoms with Gasteiger partial charge in [0.1, 0.15) is 22.2 Å². The minimum Gasteiger partial charge on any atom is -0.497 e. The van der Waals surface area contributed by atoms with Gasteiger partial charge in [0, 0.05) is 29.6 Å². The van der Waals surface area contributed by atoms with E-state index >= 15 is 4.39 Å². The molecular weight excluding hydrogens is 541 g/mol. The predicted molar refractivity (Wildman–Crippen MR) is 134 cm³/mol. The highest BCUT2D eigenvalue weighted by atomic mass is 35.5. The molecule has 0 atom stereocenters. The minimum absolute atomic E-state index is 0.0759. The van der Waals surface area contributed by atoms with Gasteiger partial charge >= 0.3 is 0 Å². The Kier molecular flexibility index (Phi) is 8.93. The van der Waals surface area contributed by atoms with Crippen molar-refractivity contribution >= 4 is 43.8 Å². The third kappa shape index (κ3) is 6.33. The molecule has 0 bridgehead atoms. The number of benzene rings is 2. The standard InChI is InChI=1S/C22H24ClF3N4O4S2/c1-33-15-4-3-14(19(9-15)34-2)12-30(21-28-7-8-35-21)36(31,32)20-10-16(23)18(11-17(20)24)29-13-22(25,26)5-6-27/h3-4,7-11,29H,5-6,12-13,27H2,1-2H3. The summed E-state index contributed by atoms with van der Waals surface area (Å²) in [6.07, 6.45) is 0.829. The van der Waals surface area contributed by atoms with Gasteiger partial charge in [-0.1, -0.05) is 11.6 Å². The van der Waals surface area contributed by atoms with E-state index in [-0.39, 0.29) is 28.9 Å². The Morgan fingerprint density at radius 3 is 2.58 bits per heavy atom. The topological polar surface area (TPSA) is 107 Å². The van der Waals surface area contributed by atoms with Gasteiger partial charge in [0.05, 0.1) is 38.0 Å². The lowest BCUT2D eigenvalue weighted by Crippen LogP contribution is -2.32. The molecule has 1 aromatic heterocycles. The second kappa shape index (κ2) is 11.5. The zero-order chi connectivity index (χ0) is 26.5. The van der Waals surface area contributed by atoms with Crippen LogP contribution < -0.4 is 24.8 Å². The fourth-order valence-electron chi connectivity index (χ4n) is 3.24. The molecule has 0 amide bonds. The van der Waals surface area contributed by atoms with Crippen molar-refractivity contribution in [3.63, 3.8) is 0 Å². The maximum absolute atomic E-state index is 15.1. The number of hydrogen-bond donors (Lipinski definition) is 2. The van der Waals surface area contributed by atoms with Crippen molar-refractivity contribution in [3.8, 4) is 11.5 Å². The van der Waals surface area contributed by atoms with Gasteiger partial charge in [-0.2, -0.15) is 0 Å². The van der Waals surface area contributed by atoms with Crippen LogP contribution in [0.25, 0.3) is 0 Å². The lowest BCUT2D eigenvalue weighted by atomic mass is 10.2. The summed E-state index contributed by atoms with van der Waals surface area (Å²) < 4.78 is 81.4. The van der Waals surface area contributed by atoms with Crippen molar-refractivity contribution in [1.82, 2.24) is 4.98 Å². The molecule has 3 N–H and O–H groups in total. The highest BCUT2D eigenvalue weighted by Gasteiger charge is 2.32. The van der Waals surface area contributed by atoms with E-state index < -0.39 is 39.6 Å². The van der Waals surface area contributed by atoms with Gasteiger partial charge in [-0.15, -0.1) is 11.3 Å². The molecule has 14 heteroatoms. The zero-order valence-electron chi connectivity index (χ0n) is 19.3. The van der Waals surface area contributed by atoms with E-state index in [4.69, 9.17) is 26.8 Å². The molecule has 0 spiro atoms. The second-order valence-electron chi connectivity index (χ2n) is 7.51. The number of nitrogens with one attached hydrogen (secondary N) is 1. The van der Waals surface area contributed by atoms with E-state index in [1.54, 1.807) is 23.6 Å². The molecule has 3 rings (SSSR count). The van der Waals surface area contributed by atoms with Crippen molar-refractivity contribution < 1.29 is 31.1 Å².